The van der Waals surface area contributed by atoms with Crippen LogP contribution in [-0.4, -0.2) is 14.5 Å². The van der Waals surface area contributed by atoms with E-state index in [-0.39, 0.29) is 0 Å². The van der Waals surface area contributed by atoms with E-state index in [1.807, 2.05) is 35.0 Å². The van der Waals surface area contributed by atoms with Crippen molar-refractivity contribution >= 4 is 26.8 Å². The highest BCUT2D eigenvalue weighted by Crippen LogP contribution is 2.34. The maximum absolute atomic E-state index is 12.7. The largest absolute Gasteiger partial charge is 0.416 e. The van der Waals surface area contributed by atoms with Crippen LogP contribution in [0.15, 0.2) is 65.7 Å². The molecule has 0 bridgehead atoms. The van der Waals surface area contributed by atoms with Crippen molar-refractivity contribution in [1.29, 1.82) is 0 Å². The van der Waals surface area contributed by atoms with Crippen molar-refractivity contribution in [1.82, 2.24) is 14.5 Å². The molecule has 4 rings (SSSR count). The van der Waals surface area contributed by atoms with Gasteiger partial charge in [0.2, 0.25) is 0 Å². The number of hydrogen-bond donors (Lipinski definition) is 1. The number of fused-ring (bicyclic) bond motifs is 1. The van der Waals surface area contributed by atoms with Gasteiger partial charge < -0.3 is 9.55 Å². The molecule has 0 saturated heterocycles. The minimum atomic E-state index is -4.33. The first-order valence-corrected chi connectivity index (χ1v) is 8.66. The summed E-state index contributed by atoms with van der Waals surface area (Å²) in [5.74, 6) is 0. The van der Waals surface area contributed by atoms with E-state index in [1.165, 1.54) is 12.1 Å². The van der Waals surface area contributed by atoms with Crippen molar-refractivity contribution in [3.8, 4) is 11.3 Å². The fraction of sp³-hybridized carbons (Fsp3) is 0.105. The summed E-state index contributed by atoms with van der Waals surface area (Å²) in [7, 11) is 0. The van der Waals surface area contributed by atoms with Gasteiger partial charge in [-0.25, -0.2) is 4.98 Å². The normalized spacial score (nSPS) is 12.0. The number of aromatic nitrogens is 3. The van der Waals surface area contributed by atoms with Gasteiger partial charge in [-0.2, -0.15) is 13.2 Å². The summed E-state index contributed by atoms with van der Waals surface area (Å²) < 4.78 is 40.8. The zero-order chi connectivity index (χ0) is 18.3. The van der Waals surface area contributed by atoms with Gasteiger partial charge in [0.1, 0.15) is 4.60 Å². The summed E-state index contributed by atoms with van der Waals surface area (Å²) in [5, 5.41) is 1.06. The number of aromatic amines is 1. The van der Waals surface area contributed by atoms with Gasteiger partial charge in [0.05, 0.1) is 17.6 Å². The Kier molecular flexibility index (Phi) is 4.11. The highest BCUT2D eigenvalue weighted by molar-refractivity contribution is 9.10. The molecule has 132 valence electrons. The van der Waals surface area contributed by atoms with Crippen LogP contribution in [0.2, 0.25) is 0 Å². The third-order valence-electron chi connectivity index (χ3n) is 4.27. The molecule has 2 aromatic carbocycles. The van der Waals surface area contributed by atoms with Crippen LogP contribution in [-0.2, 0) is 12.7 Å². The lowest BCUT2D eigenvalue weighted by Gasteiger charge is -2.10. The Morgan fingerprint density at radius 3 is 2.50 bits per heavy atom. The Balaban J connectivity index is 1.71. The van der Waals surface area contributed by atoms with Crippen LogP contribution in [0.25, 0.3) is 22.2 Å². The summed E-state index contributed by atoms with van der Waals surface area (Å²) in [4.78, 5) is 7.55. The lowest BCUT2D eigenvalue weighted by molar-refractivity contribution is -0.137. The maximum atomic E-state index is 12.7. The number of alkyl halides is 3. The maximum Gasteiger partial charge on any atom is 0.416 e. The molecule has 0 radical (unpaired) electrons. The summed E-state index contributed by atoms with van der Waals surface area (Å²) in [6.45, 7) is 0.422. The molecule has 1 N–H and O–H groups in total. The van der Waals surface area contributed by atoms with Crippen LogP contribution in [0, 0.1) is 0 Å². The number of rotatable bonds is 3. The molecule has 0 saturated carbocycles. The number of imidazole rings is 1. The molecule has 0 aliphatic carbocycles. The monoisotopic (exact) mass is 419 g/mol. The first-order chi connectivity index (χ1) is 12.4. The van der Waals surface area contributed by atoms with Crippen molar-refractivity contribution in [2.24, 2.45) is 0 Å². The molecule has 2 heterocycles. The molecule has 0 aliphatic rings. The summed E-state index contributed by atoms with van der Waals surface area (Å²) in [6, 6.07) is 13.1. The number of nitrogens with one attached hydrogen (secondary N) is 1. The zero-order valence-corrected chi connectivity index (χ0v) is 15.0. The van der Waals surface area contributed by atoms with Crippen LogP contribution in [0.3, 0.4) is 0 Å². The fourth-order valence-electron chi connectivity index (χ4n) is 3.01. The zero-order valence-electron chi connectivity index (χ0n) is 13.4. The highest BCUT2D eigenvalue weighted by atomic mass is 79.9. The molecule has 0 amide bonds. The first-order valence-electron chi connectivity index (χ1n) is 7.87. The van der Waals surface area contributed by atoms with Gasteiger partial charge in [0.25, 0.3) is 0 Å². The Bertz CT molecular complexity index is 1060. The minimum Gasteiger partial charge on any atom is -0.360 e. The van der Waals surface area contributed by atoms with E-state index in [9.17, 15) is 13.2 Å². The average Bonchev–Trinajstić information content (AvgIpc) is 3.18. The highest BCUT2D eigenvalue weighted by Gasteiger charge is 2.30. The molecule has 26 heavy (non-hydrogen) atoms. The Labute approximate surface area is 155 Å². The van der Waals surface area contributed by atoms with Gasteiger partial charge in [-0.15, -0.1) is 0 Å². The number of halogens is 4. The molecule has 0 spiro atoms. The van der Waals surface area contributed by atoms with Crippen molar-refractivity contribution in [3.63, 3.8) is 0 Å². The average molecular weight is 420 g/mol. The smallest absolute Gasteiger partial charge is 0.360 e. The molecule has 0 aliphatic heterocycles. The topological polar surface area (TPSA) is 33.6 Å². The standard InChI is InChI=1S/C19H13BrF3N3/c20-18-17(15-9-24-16-4-2-1-3-14(15)16)26(11-25-18)10-12-5-7-13(8-6-12)19(21,22)23/h1-9,11,24H,10H2. The van der Waals surface area contributed by atoms with E-state index in [4.69, 9.17) is 0 Å². The van der Waals surface area contributed by atoms with Gasteiger partial charge in [0.15, 0.2) is 0 Å². The lowest BCUT2D eigenvalue weighted by Crippen LogP contribution is -2.05. The van der Waals surface area contributed by atoms with Crippen molar-refractivity contribution in [2.45, 2.75) is 12.7 Å². The summed E-state index contributed by atoms with van der Waals surface area (Å²) in [5.41, 5.74) is 2.99. The summed E-state index contributed by atoms with van der Waals surface area (Å²) in [6.07, 6.45) is -0.736. The molecule has 0 unspecified atom stereocenters. The van der Waals surface area contributed by atoms with E-state index in [2.05, 4.69) is 25.9 Å². The SMILES string of the molecule is FC(F)(F)c1ccc(Cn2cnc(Br)c2-c2c[nH]c3ccccc23)cc1. The summed E-state index contributed by atoms with van der Waals surface area (Å²) >= 11 is 3.48. The van der Waals surface area contributed by atoms with Crippen LogP contribution in [0.1, 0.15) is 11.1 Å². The lowest BCUT2D eigenvalue weighted by atomic mass is 10.1. The van der Waals surface area contributed by atoms with Gasteiger partial charge >= 0.3 is 6.18 Å². The van der Waals surface area contributed by atoms with E-state index >= 15 is 0 Å². The van der Waals surface area contributed by atoms with E-state index < -0.39 is 11.7 Å². The molecule has 0 atom stereocenters. The molecule has 7 heteroatoms. The Morgan fingerprint density at radius 2 is 1.77 bits per heavy atom. The quantitative estimate of drug-likeness (QED) is 0.443. The van der Waals surface area contributed by atoms with Gasteiger partial charge in [-0.3, -0.25) is 0 Å². The molecular weight excluding hydrogens is 407 g/mol. The molecule has 3 nitrogen and oxygen atoms in total. The third-order valence-corrected chi connectivity index (χ3v) is 4.85. The van der Waals surface area contributed by atoms with Crippen LogP contribution in [0.5, 0.6) is 0 Å². The van der Waals surface area contributed by atoms with Crippen molar-refractivity contribution in [2.75, 3.05) is 0 Å². The van der Waals surface area contributed by atoms with Crippen molar-refractivity contribution < 1.29 is 13.2 Å². The third kappa shape index (κ3) is 3.03. The molecule has 0 fully saturated rings. The number of benzene rings is 2. The van der Waals surface area contributed by atoms with Crippen LogP contribution >= 0.6 is 15.9 Å². The first kappa shape index (κ1) is 16.9. The van der Waals surface area contributed by atoms with Gasteiger partial charge in [-0.1, -0.05) is 30.3 Å². The fourth-order valence-corrected chi connectivity index (χ4v) is 3.54. The number of hydrogen-bond acceptors (Lipinski definition) is 1. The van der Waals surface area contributed by atoms with Crippen LogP contribution < -0.4 is 0 Å². The minimum absolute atomic E-state index is 0.422. The predicted molar refractivity (Wildman–Crippen MR) is 97.8 cm³/mol. The molecule has 4 aromatic rings. The van der Waals surface area contributed by atoms with Crippen molar-refractivity contribution in [3.05, 3.63) is 76.8 Å². The second-order valence-corrected chi connectivity index (χ2v) is 6.71. The van der Waals surface area contributed by atoms with Gasteiger partial charge in [-0.05, 0) is 39.7 Å². The second-order valence-electron chi connectivity index (χ2n) is 5.95. The molecular formula is C19H13BrF3N3. The Morgan fingerprint density at radius 1 is 1.04 bits per heavy atom. The number of nitrogens with zero attached hydrogens (tertiary/aromatic N) is 2. The van der Waals surface area contributed by atoms with Gasteiger partial charge in [0, 0.05) is 29.2 Å². The predicted octanol–water partition coefficient (Wildman–Crippen LogP) is 5.86. The van der Waals surface area contributed by atoms with E-state index in [0.29, 0.717) is 11.1 Å². The van der Waals surface area contributed by atoms with E-state index in [0.717, 1.165) is 39.9 Å². The van der Waals surface area contributed by atoms with E-state index in [1.54, 1.807) is 6.33 Å². The molecule has 2 aromatic heterocycles. The number of H-pyrrole nitrogens is 1. The number of para-hydroxylation sites is 1. The second kappa shape index (κ2) is 6.32. The Hall–Kier alpha value is -2.54. The van der Waals surface area contributed by atoms with Crippen LogP contribution in [0.4, 0.5) is 13.2 Å².